The van der Waals surface area contributed by atoms with Crippen molar-refractivity contribution in [1.29, 1.82) is 0 Å². The monoisotopic (exact) mass is 250 g/mol. The standard InChI is InChI=1S/C14H18O4/c1-10(16-8-12-3-2-6-15-12)11-4-5-13-14(7-11)18-9-17-13/h4-5,7,10,12H,2-3,6,8-9H2,1H3. The summed E-state index contributed by atoms with van der Waals surface area (Å²) in [5, 5.41) is 0. The van der Waals surface area contributed by atoms with Gasteiger partial charge in [0, 0.05) is 6.61 Å². The van der Waals surface area contributed by atoms with Crippen LogP contribution in [0.1, 0.15) is 31.4 Å². The Morgan fingerprint density at radius 1 is 1.33 bits per heavy atom. The van der Waals surface area contributed by atoms with Crippen LogP contribution in [0.25, 0.3) is 0 Å². The molecule has 1 aromatic carbocycles. The first kappa shape index (κ1) is 11.8. The smallest absolute Gasteiger partial charge is 0.231 e. The summed E-state index contributed by atoms with van der Waals surface area (Å²) in [6, 6.07) is 5.94. The average Bonchev–Trinajstić information content (AvgIpc) is 3.05. The average molecular weight is 250 g/mol. The lowest BCUT2D eigenvalue weighted by Crippen LogP contribution is -2.15. The molecule has 0 aromatic heterocycles. The van der Waals surface area contributed by atoms with Crippen molar-refractivity contribution in [2.75, 3.05) is 20.0 Å². The van der Waals surface area contributed by atoms with Gasteiger partial charge in [0.1, 0.15) is 0 Å². The van der Waals surface area contributed by atoms with Crippen LogP contribution in [0.3, 0.4) is 0 Å². The van der Waals surface area contributed by atoms with E-state index in [0.717, 1.165) is 36.5 Å². The zero-order chi connectivity index (χ0) is 12.4. The quantitative estimate of drug-likeness (QED) is 0.823. The summed E-state index contributed by atoms with van der Waals surface area (Å²) >= 11 is 0. The Labute approximate surface area is 107 Å². The lowest BCUT2D eigenvalue weighted by Gasteiger charge is -2.16. The Hall–Kier alpha value is -1.26. The summed E-state index contributed by atoms with van der Waals surface area (Å²) in [6.45, 7) is 3.89. The molecule has 0 bridgehead atoms. The highest BCUT2D eigenvalue weighted by Gasteiger charge is 2.19. The first-order chi connectivity index (χ1) is 8.83. The third-order valence-corrected chi connectivity index (χ3v) is 3.42. The van der Waals surface area contributed by atoms with Gasteiger partial charge in [-0.25, -0.2) is 0 Å². The van der Waals surface area contributed by atoms with E-state index in [1.165, 1.54) is 0 Å². The van der Waals surface area contributed by atoms with Gasteiger partial charge < -0.3 is 18.9 Å². The molecule has 98 valence electrons. The molecule has 0 N–H and O–H groups in total. The Morgan fingerprint density at radius 3 is 3.06 bits per heavy atom. The lowest BCUT2D eigenvalue weighted by atomic mass is 10.1. The summed E-state index contributed by atoms with van der Waals surface area (Å²) in [5.74, 6) is 1.62. The second-order valence-electron chi connectivity index (χ2n) is 4.72. The molecule has 1 saturated heterocycles. The predicted octanol–water partition coefficient (Wildman–Crippen LogP) is 2.67. The van der Waals surface area contributed by atoms with Gasteiger partial charge in [-0.1, -0.05) is 6.07 Å². The first-order valence-corrected chi connectivity index (χ1v) is 6.45. The molecule has 4 nitrogen and oxygen atoms in total. The molecular weight excluding hydrogens is 232 g/mol. The number of fused-ring (bicyclic) bond motifs is 1. The molecule has 0 amide bonds. The Balaban J connectivity index is 1.59. The van der Waals surface area contributed by atoms with Crippen molar-refractivity contribution in [3.63, 3.8) is 0 Å². The predicted molar refractivity (Wildman–Crippen MR) is 65.9 cm³/mol. The molecule has 2 aliphatic rings. The second-order valence-corrected chi connectivity index (χ2v) is 4.72. The van der Waals surface area contributed by atoms with E-state index in [4.69, 9.17) is 18.9 Å². The largest absolute Gasteiger partial charge is 0.454 e. The zero-order valence-corrected chi connectivity index (χ0v) is 10.6. The molecule has 2 aliphatic heterocycles. The maximum Gasteiger partial charge on any atom is 0.231 e. The highest BCUT2D eigenvalue weighted by atomic mass is 16.7. The van der Waals surface area contributed by atoms with Gasteiger partial charge in [-0.2, -0.15) is 0 Å². The van der Waals surface area contributed by atoms with Gasteiger partial charge in [0.25, 0.3) is 0 Å². The molecule has 18 heavy (non-hydrogen) atoms. The van der Waals surface area contributed by atoms with E-state index in [1.54, 1.807) is 0 Å². The Kier molecular flexibility index (Phi) is 3.39. The fraction of sp³-hybridized carbons (Fsp3) is 0.571. The number of hydrogen-bond acceptors (Lipinski definition) is 4. The molecule has 0 radical (unpaired) electrons. The normalized spacial score (nSPS) is 23.3. The van der Waals surface area contributed by atoms with Crippen LogP contribution in [-0.2, 0) is 9.47 Å². The van der Waals surface area contributed by atoms with Crippen molar-refractivity contribution >= 4 is 0 Å². The lowest BCUT2D eigenvalue weighted by molar-refractivity contribution is -0.0148. The van der Waals surface area contributed by atoms with E-state index in [0.29, 0.717) is 13.4 Å². The summed E-state index contributed by atoms with van der Waals surface area (Å²) in [6.07, 6.45) is 2.56. The Bertz CT molecular complexity index is 412. The van der Waals surface area contributed by atoms with Crippen LogP contribution in [-0.4, -0.2) is 26.1 Å². The minimum Gasteiger partial charge on any atom is -0.454 e. The number of benzene rings is 1. The van der Waals surface area contributed by atoms with E-state index in [9.17, 15) is 0 Å². The van der Waals surface area contributed by atoms with Crippen molar-refractivity contribution in [3.05, 3.63) is 23.8 Å². The highest BCUT2D eigenvalue weighted by Crippen LogP contribution is 2.34. The minimum absolute atomic E-state index is 0.0451. The van der Waals surface area contributed by atoms with E-state index >= 15 is 0 Å². The van der Waals surface area contributed by atoms with Crippen molar-refractivity contribution in [2.45, 2.75) is 32.0 Å². The summed E-state index contributed by atoms with van der Waals surface area (Å²) in [7, 11) is 0. The Morgan fingerprint density at radius 2 is 2.22 bits per heavy atom. The van der Waals surface area contributed by atoms with E-state index in [1.807, 2.05) is 25.1 Å². The van der Waals surface area contributed by atoms with Crippen LogP contribution >= 0.6 is 0 Å². The van der Waals surface area contributed by atoms with E-state index < -0.39 is 0 Å². The van der Waals surface area contributed by atoms with Crippen LogP contribution in [0, 0.1) is 0 Å². The fourth-order valence-electron chi connectivity index (χ4n) is 2.29. The van der Waals surface area contributed by atoms with Crippen molar-refractivity contribution < 1.29 is 18.9 Å². The van der Waals surface area contributed by atoms with Crippen LogP contribution in [0.15, 0.2) is 18.2 Å². The molecule has 4 heteroatoms. The molecule has 0 aliphatic carbocycles. The van der Waals surface area contributed by atoms with Gasteiger partial charge in [0.2, 0.25) is 6.79 Å². The highest BCUT2D eigenvalue weighted by molar-refractivity contribution is 5.44. The topological polar surface area (TPSA) is 36.9 Å². The third kappa shape index (κ3) is 2.44. The molecular formula is C14H18O4. The number of hydrogen-bond donors (Lipinski definition) is 0. The first-order valence-electron chi connectivity index (χ1n) is 6.45. The van der Waals surface area contributed by atoms with Gasteiger partial charge in [0.15, 0.2) is 11.5 Å². The second kappa shape index (κ2) is 5.16. The minimum atomic E-state index is 0.0451. The molecule has 3 rings (SSSR count). The van der Waals surface area contributed by atoms with Crippen LogP contribution < -0.4 is 9.47 Å². The van der Waals surface area contributed by atoms with Gasteiger partial charge in [-0.3, -0.25) is 0 Å². The molecule has 0 spiro atoms. The molecule has 2 atom stereocenters. The van der Waals surface area contributed by atoms with Crippen molar-refractivity contribution in [2.24, 2.45) is 0 Å². The van der Waals surface area contributed by atoms with Gasteiger partial charge in [-0.15, -0.1) is 0 Å². The molecule has 1 aromatic rings. The molecule has 2 heterocycles. The maximum atomic E-state index is 5.85. The summed E-state index contributed by atoms with van der Waals surface area (Å²) in [5.41, 5.74) is 1.11. The van der Waals surface area contributed by atoms with Crippen molar-refractivity contribution in [1.82, 2.24) is 0 Å². The summed E-state index contributed by atoms with van der Waals surface area (Å²) in [4.78, 5) is 0. The SMILES string of the molecule is CC(OCC1CCCO1)c1ccc2c(c1)OCO2. The van der Waals surface area contributed by atoms with Gasteiger partial charge in [-0.05, 0) is 37.5 Å². The van der Waals surface area contributed by atoms with Crippen LogP contribution in [0.4, 0.5) is 0 Å². The van der Waals surface area contributed by atoms with Crippen LogP contribution in [0.2, 0.25) is 0 Å². The zero-order valence-electron chi connectivity index (χ0n) is 10.6. The number of ether oxygens (including phenoxy) is 4. The van der Waals surface area contributed by atoms with Gasteiger partial charge >= 0.3 is 0 Å². The maximum absolute atomic E-state index is 5.85. The molecule has 2 unspecified atom stereocenters. The molecule has 1 fully saturated rings. The van der Waals surface area contributed by atoms with Gasteiger partial charge in [0.05, 0.1) is 18.8 Å². The van der Waals surface area contributed by atoms with E-state index in [2.05, 4.69) is 0 Å². The van der Waals surface area contributed by atoms with E-state index in [-0.39, 0.29) is 12.2 Å². The third-order valence-electron chi connectivity index (χ3n) is 3.42. The number of rotatable bonds is 4. The summed E-state index contributed by atoms with van der Waals surface area (Å²) < 4.78 is 22.1. The van der Waals surface area contributed by atoms with Crippen molar-refractivity contribution in [3.8, 4) is 11.5 Å². The fourth-order valence-corrected chi connectivity index (χ4v) is 2.29. The van der Waals surface area contributed by atoms with Crippen LogP contribution in [0.5, 0.6) is 11.5 Å². The molecule has 0 saturated carbocycles.